The zero-order valence-electron chi connectivity index (χ0n) is 14.6. The number of nitrogens with one attached hydrogen (secondary N) is 1. The maximum atomic E-state index is 13.2. The van der Waals surface area contributed by atoms with Crippen molar-refractivity contribution in [1.82, 2.24) is 9.78 Å². The van der Waals surface area contributed by atoms with Gasteiger partial charge < -0.3 is 10.1 Å². The third-order valence-corrected chi connectivity index (χ3v) is 3.73. The number of benzene rings is 2. The minimum absolute atomic E-state index is 0.0932. The molecule has 0 saturated carbocycles. The molecule has 0 bridgehead atoms. The van der Waals surface area contributed by atoms with Crippen LogP contribution in [0.5, 0.6) is 5.75 Å². The van der Waals surface area contributed by atoms with Crippen molar-refractivity contribution in [2.24, 2.45) is 7.05 Å². The summed E-state index contributed by atoms with van der Waals surface area (Å²) in [4.78, 5) is 12.3. The van der Waals surface area contributed by atoms with Gasteiger partial charge in [-0.1, -0.05) is 18.2 Å². The second kappa shape index (κ2) is 7.71. The van der Waals surface area contributed by atoms with Gasteiger partial charge in [-0.05, 0) is 29.8 Å². The summed E-state index contributed by atoms with van der Waals surface area (Å²) in [6, 6.07) is 12.0. The SMILES string of the molecule is Cn1cc(C(=O)Nc2cccc(OCc3cccc(F)c3)c2)c(C(F)(F)F)n1. The van der Waals surface area contributed by atoms with Gasteiger partial charge in [0.15, 0.2) is 5.69 Å². The second-order valence-corrected chi connectivity index (χ2v) is 5.96. The van der Waals surface area contributed by atoms with E-state index in [-0.39, 0.29) is 18.1 Å². The zero-order valence-corrected chi connectivity index (χ0v) is 14.6. The van der Waals surface area contributed by atoms with Crippen LogP contribution in [0.25, 0.3) is 0 Å². The van der Waals surface area contributed by atoms with Gasteiger partial charge in [0.2, 0.25) is 0 Å². The van der Waals surface area contributed by atoms with Crippen LogP contribution in [0.1, 0.15) is 21.6 Å². The van der Waals surface area contributed by atoms with Crippen molar-refractivity contribution < 1.29 is 27.1 Å². The third kappa shape index (κ3) is 4.67. The molecule has 0 aliphatic heterocycles. The Kier molecular flexibility index (Phi) is 5.34. The Labute approximate surface area is 157 Å². The fourth-order valence-corrected chi connectivity index (χ4v) is 2.52. The standard InChI is InChI=1S/C19H15F4N3O2/c1-26-10-16(17(25-26)19(21,22)23)18(27)24-14-6-3-7-15(9-14)28-11-12-4-2-5-13(20)8-12/h2-10H,11H2,1H3,(H,24,27). The fraction of sp³-hybridized carbons (Fsp3) is 0.158. The van der Waals surface area contributed by atoms with Crippen molar-refractivity contribution in [1.29, 1.82) is 0 Å². The zero-order chi connectivity index (χ0) is 20.3. The highest BCUT2D eigenvalue weighted by Gasteiger charge is 2.39. The number of aryl methyl sites for hydroxylation is 1. The summed E-state index contributed by atoms with van der Waals surface area (Å²) in [5.41, 5.74) is -0.981. The molecule has 3 aromatic rings. The predicted octanol–water partition coefficient (Wildman–Crippen LogP) is 4.41. The minimum Gasteiger partial charge on any atom is -0.489 e. The van der Waals surface area contributed by atoms with E-state index < -0.39 is 23.3 Å². The van der Waals surface area contributed by atoms with E-state index in [1.54, 1.807) is 24.3 Å². The summed E-state index contributed by atoms with van der Waals surface area (Å²) in [5, 5.41) is 5.71. The van der Waals surface area contributed by atoms with E-state index in [0.717, 1.165) is 10.9 Å². The molecular weight excluding hydrogens is 378 g/mol. The molecule has 1 aromatic heterocycles. The van der Waals surface area contributed by atoms with Gasteiger partial charge in [0.05, 0.1) is 5.56 Å². The van der Waals surface area contributed by atoms with Gasteiger partial charge >= 0.3 is 6.18 Å². The van der Waals surface area contributed by atoms with E-state index >= 15 is 0 Å². The molecule has 0 spiro atoms. The van der Waals surface area contributed by atoms with Gasteiger partial charge in [0, 0.05) is 25.0 Å². The van der Waals surface area contributed by atoms with Gasteiger partial charge in [0.1, 0.15) is 18.2 Å². The van der Waals surface area contributed by atoms with Crippen molar-refractivity contribution in [3.05, 3.63) is 77.4 Å². The quantitative estimate of drug-likeness (QED) is 0.654. The van der Waals surface area contributed by atoms with Crippen LogP contribution in [0, 0.1) is 5.82 Å². The molecular formula is C19H15F4N3O2. The molecule has 3 rings (SSSR count). The minimum atomic E-state index is -4.75. The number of ether oxygens (including phenoxy) is 1. The first kappa shape index (κ1) is 19.4. The van der Waals surface area contributed by atoms with Crippen molar-refractivity contribution in [3.63, 3.8) is 0 Å². The van der Waals surface area contributed by atoms with Crippen LogP contribution < -0.4 is 10.1 Å². The van der Waals surface area contributed by atoms with Crippen LogP contribution in [0.2, 0.25) is 0 Å². The lowest BCUT2D eigenvalue weighted by Gasteiger charge is -2.10. The number of rotatable bonds is 5. The van der Waals surface area contributed by atoms with E-state index in [2.05, 4.69) is 10.4 Å². The highest BCUT2D eigenvalue weighted by atomic mass is 19.4. The topological polar surface area (TPSA) is 56.2 Å². The molecule has 0 saturated heterocycles. The Hall–Kier alpha value is -3.36. The van der Waals surface area contributed by atoms with Crippen LogP contribution >= 0.6 is 0 Å². The van der Waals surface area contributed by atoms with Crippen LogP contribution in [-0.2, 0) is 19.8 Å². The number of nitrogens with zero attached hydrogens (tertiary/aromatic N) is 2. The van der Waals surface area contributed by atoms with Gasteiger partial charge in [-0.3, -0.25) is 9.48 Å². The van der Waals surface area contributed by atoms with Crippen LogP contribution in [0.3, 0.4) is 0 Å². The van der Waals surface area contributed by atoms with Gasteiger partial charge in [-0.15, -0.1) is 0 Å². The molecule has 0 aliphatic rings. The highest BCUT2D eigenvalue weighted by molar-refractivity contribution is 6.05. The van der Waals surface area contributed by atoms with E-state index in [9.17, 15) is 22.4 Å². The first-order chi connectivity index (χ1) is 13.2. The van der Waals surface area contributed by atoms with Crippen molar-refractivity contribution >= 4 is 11.6 Å². The van der Waals surface area contributed by atoms with Crippen molar-refractivity contribution in [3.8, 4) is 5.75 Å². The molecule has 0 fully saturated rings. The van der Waals surface area contributed by atoms with Gasteiger partial charge in [-0.25, -0.2) is 4.39 Å². The van der Waals surface area contributed by atoms with Crippen LogP contribution in [-0.4, -0.2) is 15.7 Å². The van der Waals surface area contributed by atoms with Crippen molar-refractivity contribution in [2.45, 2.75) is 12.8 Å². The molecule has 28 heavy (non-hydrogen) atoms. The smallest absolute Gasteiger partial charge is 0.435 e. The molecule has 146 valence electrons. The Bertz CT molecular complexity index is 999. The summed E-state index contributed by atoms with van der Waals surface area (Å²) in [7, 11) is 1.30. The van der Waals surface area contributed by atoms with Gasteiger partial charge in [-0.2, -0.15) is 18.3 Å². The first-order valence-electron chi connectivity index (χ1n) is 8.12. The molecule has 1 amide bonds. The first-order valence-corrected chi connectivity index (χ1v) is 8.12. The van der Waals surface area contributed by atoms with Gasteiger partial charge in [0.25, 0.3) is 5.91 Å². The average Bonchev–Trinajstić information content (AvgIpc) is 3.03. The number of alkyl halides is 3. The molecule has 5 nitrogen and oxygen atoms in total. The number of carbonyl (C=O) groups excluding carboxylic acids is 1. The molecule has 0 radical (unpaired) electrons. The normalized spacial score (nSPS) is 11.3. The Balaban J connectivity index is 1.72. The van der Waals surface area contributed by atoms with Crippen LogP contribution in [0.15, 0.2) is 54.7 Å². The van der Waals surface area contributed by atoms with E-state index in [1.807, 2.05) is 0 Å². The maximum absolute atomic E-state index is 13.2. The summed E-state index contributed by atoms with van der Waals surface area (Å²) >= 11 is 0. The average molecular weight is 393 g/mol. The molecule has 2 aromatic carbocycles. The molecule has 0 aliphatic carbocycles. The third-order valence-electron chi connectivity index (χ3n) is 3.73. The number of amides is 1. The second-order valence-electron chi connectivity index (χ2n) is 5.96. The number of carbonyl (C=O) groups is 1. The number of halogens is 4. The number of hydrogen-bond acceptors (Lipinski definition) is 3. The summed E-state index contributed by atoms with van der Waals surface area (Å²) < 4.78 is 58.7. The monoisotopic (exact) mass is 393 g/mol. The van der Waals surface area contributed by atoms with E-state index in [1.165, 1.54) is 31.3 Å². The fourth-order valence-electron chi connectivity index (χ4n) is 2.52. The van der Waals surface area contributed by atoms with Crippen molar-refractivity contribution in [2.75, 3.05) is 5.32 Å². The molecule has 0 atom stereocenters. The van der Waals surface area contributed by atoms with E-state index in [4.69, 9.17) is 4.74 Å². The number of hydrogen-bond donors (Lipinski definition) is 1. The summed E-state index contributed by atoms with van der Waals surface area (Å²) in [6.45, 7) is 0.0932. The lowest BCUT2D eigenvalue weighted by atomic mass is 10.2. The summed E-state index contributed by atoms with van der Waals surface area (Å²) in [6.07, 6.45) is -3.74. The Morgan fingerprint density at radius 3 is 2.64 bits per heavy atom. The number of anilines is 1. The Morgan fingerprint density at radius 1 is 1.18 bits per heavy atom. The molecule has 0 unspecified atom stereocenters. The molecule has 1 heterocycles. The predicted molar refractivity (Wildman–Crippen MR) is 93.3 cm³/mol. The summed E-state index contributed by atoms with van der Waals surface area (Å²) in [5.74, 6) is -0.967. The lowest BCUT2D eigenvalue weighted by Crippen LogP contribution is -2.17. The molecule has 1 N–H and O–H groups in total. The lowest BCUT2D eigenvalue weighted by molar-refractivity contribution is -0.141. The number of aromatic nitrogens is 2. The highest BCUT2D eigenvalue weighted by Crippen LogP contribution is 2.31. The van der Waals surface area contributed by atoms with E-state index in [0.29, 0.717) is 11.3 Å². The Morgan fingerprint density at radius 2 is 1.93 bits per heavy atom. The largest absolute Gasteiger partial charge is 0.489 e. The maximum Gasteiger partial charge on any atom is 0.435 e. The molecule has 9 heteroatoms. The van der Waals surface area contributed by atoms with Crippen LogP contribution in [0.4, 0.5) is 23.2 Å².